The Morgan fingerprint density at radius 3 is 2.29 bits per heavy atom. The number of carbonyl (C=O) groups excluding carboxylic acids is 1. The van der Waals surface area contributed by atoms with E-state index in [1.165, 1.54) is 11.3 Å². The van der Waals surface area contributed by atoms with Gasteiger partial charge in [0.05, 0.1) is 15.4 Å². The molecule has 0 aliphatic carbocycles. The topological polar surface area (TPSA) is 41.8 Å². The second kappa shape index (κ2) is 7.09. The average Bonchev–Trinajstić information content (AvgIpc) is 2.83. The molecule has 0 spiro atoms. The highest BCUT2D eigenvalue weighted by atomic mass is 32.1. The van der Waals surface area contributed by atoms with Crippen molar-refractivity contribution in [2.75, 3.05) is 0 Å². The van der Waals surface area contributed by atoms with Crippen molar-refractivity contribution < 1.29 is 4.79 Å². The third-order valence-corrected chi connectivity index (χ3v) is 4.37. The van der Waals surface area contributed by atoms with E-state index in [9.17, 15) is 4.79 Å². The number of nitrogens with zero attached hydrogens (tertiary/aromatic N) is 2. The van der Waals surface area contributed by atoms with E-state index < -0.39 is 0 Å². The number of rotatable bonds is 7. The number of hydrogen-bond acceptors (Lipinski definition) is 4. The molecule has 0 atom stereocenters. The molecule has 0 bridgehead atoms. The summed E-state index contributed by atoms with van der Waals surface area (Å²) in [7, 11) is 0. The summed E-state index contributed by atoms with van der Waals surface area (Å²) < 4.78 is 0. The standard InChI is InChI=1S/C17H20N2OS/c1-10(2)14-15(19-7)16(21-17(14)13(5)20)12(4)11(3)8-9-18-6/h8-10H,3-4,6-7H2,1-2,5H3/b9-8-. The first-order valence-electron chi connectivity index (χ1n) is 6.50. The van der Waals surface area contributed by atoms with Crippen molar-refractivity contribution in [3.8, 4) is 0 Å². The largest absolute Gasteiger partial charge is 0.294 e. The molecule has 0 radical (unpaired) electrons. The van der Waals surface area contributed by atoms with Gasteiger partial charge in [-0.2, -0.15) is 0 Å². The van der Waals surface area contributed by atoms with Gasteiger partial charge in [-0.05, 0) is 43.5 Å². The van der Waals surface area contributed by atoms with Crippen LogP contribution in [0.25, 0.3) is 5.57 Å². The fourth-order valence-corrected chi connectivity index (χ4v) is 3.30. The van der Waals surface area contributed by atoms with Crippen LogP contribution in [0, 0.1) is 0 Å². The Hall–Kier alpha value is -2.07. The quantitative estimate of drug-likeness (QED) is 0.388. The fraction of sp³-hybridized carbons (Fsp3) is 0.235. The van der Waals surface area contributed by atoms with Crippen LogP contribution in [0.3, 0.4) is 0 Å². The van der Waals surface area contributed by atoms with Crippen LogP contribution in [-0.2, 0) is 0 Å². The Bertz CT molecular complexity index is 648. The molecule has 110 valence electrons. The number of hydrogen-bond donors (Lipinski definition) is 0. The van der Waals surface area contributed by atoms with Crippen LogP contribution in [0.2, 0.25) is 0 Å². The minimum Gasteiger partial charge on any atom is -0.294 e. The highest BCUT2D eigenvalue weighted by Crippen LogP contribution is 2.44. The van der Waals surface area contributed by atoms with E-state index in [2.05, 4.69) is 36.6 Å². The lowest BCUT2D eigenvalue weighted by molar-refractivity contribution is 0.102. The molecule has 0 aliphatic rings. The van der Waals surface area contributed by atoms with Gasteiger partial charge in [-0.3, -0.25) is 14.8 Å². The predicted molar refractivity (Wildman–Crippen MR) is 94.5 cm³/mol. The summed E-state index contributed by atoms with van der Waals surface area (Å²) in [5, 5.41) is 0. The van der Waals surface area contributed by atoms with Crippen molar-refractivity contribution in [3.63, 3.8) is 0 Å². The third kappa shape index (κ3) is 3.52. The summed E-state index contributed by atoms with van der Waals surface area (Å²) >= 11 is 1.39. The van der Waals surface area contributed by atoms with Crippen molar-refractivity contribution in [2.24, 2.45) is 9.98 Å². The van der Waals surface area contributed by atoms with Gasteiger partial charge in [0.15, 0.2) is 5.78 Å². The molecule has 3 nitrogen and oxygen atoms in total. The molecule has 0 saturated heterocycles. The first-order chi connectivity index (χ1) is 9.84. The Morgan fingerprint density at radius 2 is 1.86 bits per heavy atom. The van der Waals surface area contributed by atoms with Crippen LogP contribution in [0.5, 0.6) is 0 Å². The van der Waals surface area contributed by atoms with Gasteiger partial charge < -0.3 is 0 Å². The zero-order valence-electron chi connectivity index (χ0n) is 12.8. The lowest BCUT2D eigenvalue weighted by Gasteiger charge is -2.08. The first-order valence-corrected chi connectivity index (χ1v) is 7.32. The number of aliphatic imine (C=N–C) groups is 2. The van der Waals surface area contributed by atoms with Crippen LogP contribution < -0.4 is 0 Å². The minimum absolute atomic E-state index is 0.0292. The van der Waals surface area contributed by atoms with Crippen LogP contribution in [0.1, 0.15) is 46.8 Å². The van der Waals surface area contributed by atoms with E-state index in [-0.39, 0.29) is 11.7 Å². The van der Waals surface area contributed by atoms with Gasteiger partial charge >= 0.3 is 0 Å². The van der Waals surface area contributed by atoms with E-state index in [0.29, 0.717) is 10.5 Å². The molecule has 0 fully saturated rings. The molecule has 1 aromatic rings. The second-order valence-electron chi connectivity index (χ2n) is 4.89. The second-order valence-corrected chi connectivity index (χ2v) is 5.91. The highest BCUT2D eigenvalue weighted by molar-refractivity contribution is 7.16. The molecule has 21 heavy (non-hydrogen) atoms. The Morgan fingerprint density at radius 1 is 1.24 bits per heavy atom. The van der Waals surface area contributed by atoms with Crippen molar-refractivity contribution in [1.82, 2.24) is 0 Å². The molecule has 1 rings (SSSR count). The van der Waals surface area contributed by atoms with Gasteiger partial charge in [0.25, 0.3) is 0 Å². The Labute approximate surface area is 130 Å². The minimum atomic E-state index is 0.0292. The summed E-state index contributed by atoms with van der Waals surface area (Å²) in [6, 6.07) is 0. The highest BCUT2D eigenvalue weighted by Gasteiger charge is 2.23. The first kappa shape index (κ1) is 17.0. The molecule has 1 aromatic heterocycles. The molecule has 0 aliphatic heterocycles. The smallest absolute Gasteiger partial charge is 0.170 e. The summed E-state index contributed by atoms with van der Waals surface area (Å²) in [5.74, 6) is 0.211. The molecule has 0 unspecified atom stereocenters. The Balaban J connectivity index is 3.47. The van der Waals surface area contributed by atoms with Crippen LogP contribution >= 0.6 is 11.3 Å². The molecule has 4 heteroatoms. The zero-order chi connectivity index (χ0) is 16.2. The van der Waals surface area contributed by atoms with Crippen molar-refractivity contribution in [1.29, 1.82) is 0 Å². The summed E-state index contributed by atoms with van der Waals surface area (Å²) in [4.78, 5) is 21.2. The molecule has 0 amide bonds. The Kier molecular flexibility index (Phi) is 5.73. The molecule has 0 N–H and O–H groups in total. The summed E-state index contributed by atoms with van der Waals surface area (Å²) in [6.07, 6.45) is 3.28. The van der Waals surface area contributed by atoms with Gasteiger partial charge in [-0.1, -0.05) is 27.0 Å². The lowest BCUT2D eigenvalue weighted by Crippen LogP contribution is -1.96. The van der Waals surface area contributed by atoms with Crippen LogP contribution in [-0.4, -0.2) is 19.2 Å². The SMILES string of the molecule is C=N/C=C\C(=C)C(=C)c1sc(C(C)=O)c(C(C)C)c1N=C. The van der Waals surface area contributed by atoms with E-state index in [0.717, 1.165) is 21.7 Å². The monoisotopic (exact) mass is 300 g/mol. The van der Waals surface area contributed by atoms with Gasteiger partial charge in [-0.15, -0.1) is 11.3 Å². The molecule has 0 saturated carbocycles. The summed E-state index contributed by atoms with van der Waals surface area (Å²) in [6.45, 7) is 20.7. The van der Waals surface area contributed by atoms with E-state index in [1.54, 1.807) is 19.2 Å². The number of Topliss-reactive ketones (excluding diaryl/α,β-unsaturated/α-hetero) is 1. The number of thiophene rings is 1. The molecule has 1 heterocycles. The zero-order valence-corrected chi connectivity index (χ0v) is 13.6. The maximum absolute atomic E-state index is 11.9. The number of ketones is 1. The lowest BCUT2D eigenvalue weighted by atomic mass is 9.97. The third-order valence-electron chi connectivity index (χ3n) is 3.02. The van der Waals surface area contributed by atoms with Gasteiger partial charge in [0.2, 0.25) is 0 Å². The number of carbonyl (C=O) groups is 1. The maximum Gasteiger partial charge on any atom is 0.170 e. The molecular formula is C17H20N2OS. The van der Waals surface area contributed by atoms with Gasteiger partial charge in [-0.25, -0.2) is 0 Å². The molecule has 0 aromatic carbocycles. The van der Waals surface area contributed by atoms with E-state index >= 15 is 0 Å². The van der Waals surface area contributed by atoms with Crippen molar-refractivity contribution in [3.05, 3.63) is 46.3 Å². The maximum atomic E-state index is 11.9. The summed E-state index contributed by atoms with van der Waals surface area (Å²) in [5.41, 5.74) is 3.08. The average molecular weight is 300 g/mol. The molecular weight excluding hydrogens is 280 g/mol. The van der Waals surface area contributed by atoms with Gasteiger partial charge in [0.1, 0.15) is 0 Å². The van der Waals surface area contributed by atoms with Crippen LogP contribution in [0.4, 0.5) is 5.69 Å². The number of allylic oxidation sites excluding steroid dienone is 3. The van der Waals surface area contributed by atoms with E-state index in [4.69, 9.17) is 0 Å². The fourth-order valence-electron chi connectivity index (χ4n) is 1.98. The van der Waals surface area contributed by atoms with Crippen LogP contribution in [0.15, 0.2) is 41.0 Å². The van der Waals surface area contributed by atoms with Crippen molar-refractivity contribution >= 4 is 41.8 Å². The van der Waals surface area contributed by atoms with Gasteiger partial charge in [0, 0.05) is 11.8 Å². The van der Waals surface area contributed by atoms with E-state index in [1.807, 2.05) is 13.8 Å². The normalized spacial score (nSPS) is 10.9. The van der Waals surface area contributed by atoms with Crippen molar-refractivity contribution in [2.45, 2.75) is 26.7 Å². The predicted octanol–water partition coefficient (Wildman–Crippen LogP) is 5.19.